The summed E-state index contributed by atoms with van der Waals surface area (Å²) < 4.78 is 5.30. The van der Waals surface area contributed by atoms with Gasteiger partial charge in [-0.3, -0.25) is 5.10 Å². The summed E-state index contributed by atoms with van der Waals surface area (Å²) in [7, 11) is 1.67. The summed E-state index contributed by atoms with van der Waals surface area (Å²) in [6, 6.07) is 7.93. The van der Waals surface area contributed by atoms with Crippen LogP contribution in [0.3, 0.4) is 0 Å². The SMILES string of the molecule is COc1cccc(-c2c(N)n[nH]c2CC(C)C(C)(C)C)c1. The van der Waals surface area contributed by atoms with Crippen molar-refractivity contribution in [2.75, 3.05) is 12.8 Å². The van der Waals surface area contributed by atoms with Crippen LogP contribution in [-0.2, 0) is 6.42 Å². The van der Waals surface area contributed by atoms with Crippen molar-refractivity contribution in [1.82, 2.24) is 10.2 Å². The Labute approximate surface area is 126 Å². The second-order valence-electron chi connectivity index (χ2n) is 6.67. The number of methoxy groups -OCH3 is 1. The van der Waals surface area contributed by atoms with Gasteiger partial charge in [0.25, 0.3) is 0 Å². The molecular formula is C17H25N3O. The van der Waals surface area contributed by atoms with E-state index in [9.17, 15) is 0 Å². The Kier molecular flexibility index (Phi) is 4.26. The lowest BCUT2D eigenvalue weighted by Gasteiger charge is -2.27. The van der Waals surface area contributed by atoms with Crippen LogP contribution in [0.15, 0.2) is 24.3 Å². The van der Waals surface area contributed by atoms with Gasteiger partial charge in [0.2, 0.25) is 0 Å². The van der Waals surface area contributed by atoms with E-state index in [2.05, 4.69) is 37.9 Å². The van der Waals surface area contributed by atoms with Gasteiger partial charge in [0.15, 0.2) is 5.82 Å². The zero-order valence-corrected chi connectivity index (χ0v) is 13.5. The summed E-state index contributed by atoms with van der Waals surface area (Å²) in [6.45, 7) is 9.01. The smallest absolute Gasteiger partial charge is 0.153 e. The number of benzene rings is 1. The zero-order valence-electron chi connectivity index (χ0n) is 13.5. The van der Waals surface area contributed by atoms with Crippen LogP contribution in [0, 0.1) is 11.3 Å². The first kappa shape index (κ1) is 15.4. The van der Waals surface area contributed by atoms with E-state index in [0.29, 0.717) is 11.7 Å². The fourth-order valence-electron chi connectivity index (χ4n) is 2.25. The Balaban J connectivity index is 2.38. The number of H-pyrrole nitrogens is 1. The molecule has 21 heavy (non-hydrogen) atoms. The van der Waals surface area contributed by atoms with Gasteiger partial charge in [0.1, 0.15) is 5.75 Å². The Morgan fingerprint density at radius 2 is 2.05 bits per heavy atom. The number of nitrogens with one attached hydrogen (secondary N) is 1. The maximum atomic E-state index is 6.07. The van der Waals surface area contributed by atoms with Gasteiger partial charge in [-0.1, -0.05) is 39.8 Å². The largest absolute Gasteiger partial charge is 0.497 e. The number of hydrogen-bond donors (Lipinski definition) is 2. The van der Waals surface area contributed by atoms with E-state index in [-0.39, 0.29) is 5.41 Å². The van der Waals surface area contributed by atoms with Crippen LogP contribution in [0.1, 0.15) is 33.4 Å². The van der Waals surface area contributed by atoms with E-state index in [1.807, 2.05) is 24.3 Å². The highest BCUT2D eigenvalue weighted by molar-refractivity contribution is 5.77. The lowest BCUT2D eigenvalue weighted by Crippen LogP contribution is -2.19. The average Bonchev–Trinajstić information content (AvgIpc) is 2.78. The van der Waals surface area contributed by atoms with Crippen LogP contribution in [0.5, 0.6) is 5.75 Å². The molecule has 1 aromatic heterocycles. The fraction of sp³-hybridized carbons (Fsp3) is 0.471. The number of ether oxygens (including phenoxy) is 1. The van der Waals surface area contributed by atoms with Crippen molar-refractivity contribution in [3.05, 3.63) is 30.0 Å². The third kappa shape index (κ3) is 3.38. The lowest BCUT2D eigenvalue weighted by molar-refractivity contribution is 0.258. The summed E-state index contributed by atoms with van der Waals surface area (Å²) >= 11 is 0. The predicted molar refractivity (Wildman–Crippen MR) is 87.3 cm³/mol. The van der Waals surface area contributed by atoms with Gasteiger partial charge in [0.05, 0.1) is 7.11 Å². The molecule has 0 saturated heterocycles. The van der Waals surface area contributed by atoms with Crippen molar-refractivity contribution in [2.24, 2.45) is 11.3 Å². The first-order chi connectivity index (χ1) is 9.82. The molecule has 4 nitrogen and oxygen atoms in total. The van der Waals surface area contributed by atoms with Gasteiger partial charge in [-0.05, 0) is 35.4 Å². The Hall–Kier alpha value is -1.97. The first-order valence-corrected chi connectivity index (χ1v) is 7.30. The monoisotopic (exact) mass is 287 g/mol. The minimum Gasteiger partial charge on any atom is -0.497 e. The molecular weight excluding hydrogens is 262 g/mol. The summed E-state index contributed by atoms with van der Waals surface area (Å²) in [6.07, 6.45) is 0.917. The molecule has 2 aromatic rings. The third-order valence-electron chi connectivity index (χ3n) is 4.22. The molecule has 0 aliphatic carbocycles. The normalized spacial score (nSPS) is 13.2. The fourth-order valence-corrected chi connectivity index (χ4v) is 2.25. The topological polar surface area (TPSA) is 63.9 Å². The summed E-state index contributed by atoms with van der Waals surface area (Å²) in [4.78, 5) is 0. The highest BCUT2D eigenvalue weighted by Crippen LogP contribution is 2.35. The molecule has 114 valence electrons. The molecule has 1 atom stereocenters. The van der Waals surface area contributed by atoms with Crippen molar-refractivity contribution >= 4 is 5.82 Å². The van der Waals surface area contributed by atoms with Crippen LogP contribution in [-0.4, -0.2) is 17.3 Å². The molecule has 0 aliphatic rings. The van der Waals surface area contributed by atoms with Gasteiger partial charge in [0, 0.05) is 11.3 Å². The van der Waals surface area contributed by atoms with Crippen molar-refractivity contribution < 1.29 is 4.74 Å². The van der Waals surface area contributed by atoms with E-state index in [0.717, 1.165) is 29.0 Å². The van der Waals surface area contributed by atoms with Gasteiger partial charge < -0.3 is 10.5 Å². The lowest BCUT2D eigenvalue weighted by atomic mass is 9.79. The predicted octanol–water partition coefficient (Wildman–Crippen LogP) is 3.89. The van der Waals surface area contributed by atoms with Crippen molar-refractivity contribution in [3.8, 4) is 16.9 Å². The molecule has 0 fully saturated rings. The number of nitrogens with zero attached hydrogens (tertiary/aromatic N) is 1. The molecule has 0 spiro atoms. The number of rotatable bonds is 4. The maximum Gasteiger partial charge on any atom is 0.153 e. The van der Waals surface area contributed by atoms with Crippen LogP contribution in [0.4, 0.5) is 5.82 Å². The molecule has 0 radical (unpaired) electrons. The minimum absolute atomic E-state index is 0.242. The highest BCUT2D eigenvalue weighted by Gasteiger charge is 2.23. The first-order valence-electron chi connectivity index (χ1n) is 7.30. The van der Waals surface area contributed by atoms with Crippen LogP contribution >= 0.6 is 0 Å². The molecule has 0 bridgehead atoms. The summed E-state index contributed by atoms with van der Waals surface area (Å²) in [5.41, 5.74) is 9.42. The maximum absolute atomic E-state index is 6.07. The highest BCUT2D eigenvalue weighted by atomic mass is 16.5. The molecule has 2 rings (SSSR count). The number of aromatic nitrogens is 2. The molecule has 1 aromatic carbocycles. The van der Waals surface area contributed by atoms with Crippen LogP contribution in [0.2, 0.25) is 0 Å². The number of aromatic amines is 1. The standard InChI is InChI=1S/C17H25N3O/c1-11(17(2,3)4)9-14-15(16(18)20-19-14)12-7-6-8-13(10-12)21-5/h6-8,10-11H,9H2,1-5H3,(H3,18,19,20). The number of nitrogen functional groups attached to an aromatic ring is 1. The Morgan fingerprint density at radius 1 is 1.33 bits per heavy atom. The molecule has 0 saturated carbocycles. The molecule has 3 N–H and O–H groups in total. The van der Waals surface area contributed by atoms with Crippen molar-refractivity contribution in [2.45, 2.75) is 34.1 Å². The number of nitrogens with two attached hydrogens (primary N) is 1. The molecule has 1 heterocycles. The average molecular weight is 287 g/mol. The molecule has 4 heteroatoms. The second kappa shape index (κ2) is 5.80. The Bertz CT molecular complexity index is 611. The van der Waals surface area contributed by atoms with Crippen LogP contribution in [0.25, 0.3) is 11.1 Å². The van der Waals surface area contributed by atoms with Crippen LogP contribution < -0.4 is 10.5 Å². The van der Waals surface area contributed by atoms with E-state index >= 15 is 0 Å². The van der Waals surface area contributed by atoms with Gasteiger partial charge in [-0.2, -0.15) is 5.10 Å². The molecule has 0 aliphatic heterocycles. The van der Waals surface area contributed by atoms with E-state index in [4.69, 9.17) is 10.5 Å². The number of hydrogen-bond acceptors (Lipinski definition) is 3. The zero-order chi connectivity index (χ0) is 15.6. The molecule has 1 unspecified atom stereocenters. The van der Waals surface area contributed by atoms with Crippen molar-refractivity contribution in [1.29, 1.82) is 0 Å². The van der Waals surface area contributed by atoms with Gasteiger partial charge >= 0.3 is 0 Å². The van der Waals surface area contributed by atoms with Gasteiger partial charge in [-0.15, -0.1) is 0 Å². The summed E-state index contributed by atoms with van der Waals surface area (Å²) in [5, 5.41) is 7.29. The minimum atomic E-state index is 0.242. The summed E-state index contributed by atoms with van der Waals surface area (Å²) in [5.74, 6) is 1.88. The van der Waals surface area contributed by atoms with E-state index in [1.165, 1.54) is 0 Å². The number of anilines is 1. The molecule has 0 amide bonds. The van der Waals surface area contributed by atoms with Crippen molar-refractivity contribution in [3.63, 3.8) is 0 Å². The quantitative estimate of drug-likeness (QED) is 0.896. The van der Waals surface area contributed by atoms with Gasteiger partial charge in [-0.25, -0.2) is 0 Å². The van der Waals surface area contributed by atoms with E-state index in [1.54, 1.807) is 7.11 Å². The second-order valence-corrected chi connectivity index (χ2v) is 6.67. The van der Waals surface area contributed by atoms with E-state index < -0.39 is 0 Å². The Morgan fingerprint density at radius 3 is 2.67 bits per heavy atom. The third-order valence-corrected chi connectivity index (χ3v) is 4.22.